The van der Waals surface area contributed by atoms with E-state index in [1.807, 2.05) is 71.0 Å². The first-order valence-corrected chi connectivity index (χ1v) is 15.5. The molecule has 7 rings (SSSR count). The van der Waals surface area contributed by atoms with Crippen LogP contribution in [0.5, 0.6) is 0 Å². The van der Waals surface area contributed by atoms with Crippen LogP contribution in [0.25, 0.3) is 32.9 Å². The Labute approximate surface area is 261 Å². The molecule has 1 atom stereocenters. The van der Waals surface area contributed by atoms with Crippen LogP contribution in [0.4, 0.5) is 0 Å². The van der Waals surface area contributed by atoms with Gasteiger partial charge in [0.05, 0.1) is 33.3 Å². The predicted octanol–water partition coefficient (Wildman–Crippen LogP) is 3.83. The summed E-state index contributed by atoms with van der Waals surface area (Å²) in [6.07, 6.45) is 4.14. The van der Waals surface area contributed by atoms with Crippen LogP contribution < -0.4 is 5.56 Å². The van der Waals surface area contributed by atoms with Gasteiger partial charge in [0.25, 0.3) is 11.5 Å². The quantitative estimate of drug-likeness (QED) is 0.284. The van der Waals surface area contributed by atoms with Crippen LogP contribution in [0, 0.1) is 6.92 Å². The second kappa shape index (κ2) is 12.0. The number of aryl methyl sites for hydroxylation is 1. The molecule has 0 saturated carbocycles. The number of benzene rings is 2. The third-order valence-electron chi connectivity index (χ3n) is 8.11. The Bertz CT molecular complexity index is 2090. The minimum atomic E-state index is -0.608. The van der Waals surface area contributed by atoms with Gasteiger partial charge in [-0.3, -0.25) is 14.4 Å². The fourth-order valence-electron chi connectivity index (χ4n) is 5.88. The number of thiazole rings is 1. The van der Waals surface area contributed by atoms with Crippen molar-refractivity contribution < 1.29 is 9.59 Å². The maximum absolute atomic E-state index is 14.4. The average Bonchev–Trinajstić information content (AvgIpc) is 3.66. The Balaban J connectivity index is 1.21. The van der Waals surface area contributed by atoms with Gasteiger partial charge in [0.2, 0.25) is 5.91 Å². The van der Waals surface area contributed by atoms with E-state index in [0.717, 1.165) is 27.2 Å². The maximum Gasteiger partial charge on any atom is 0.281 e. The van der Waals surface area contributed by atoms with Crippen molar-refractivity contribution in [3.05, 3.63) is 99.9 Å². The minimum absolute atomic E-state index is 0.0658. The smallest absolute Gasteiger partial charge is 0.281 e. The summed E-state index contributed by atoms with van der Waals surface area (Å²) in [5.74, 6) is 0.126. The lowest BCUT2D eigenvalue weighted by Crippen LogP contribution is -2.52. The Morgan fingerprint density at radius 1 is 1.04 bits per heavy atom. The number of nitrogens with one attached hydrogen (secondary N) is 1. The van der Waals surface area contributed by atoms with Gasteiger partial charge >= 0.3 is 0 Å². The highest BCUT2D eigenvalue weighted by molar-refractivity contribution is 7.13. The standard InChI is InChI=1S/C32H29N9O3S/c1-20-28(45-19-35-20)30-37-23-11-5-6-12-25(23)41(30)17-26(42)40(15-21-8-3-2-4-9-21)22-10-7-13-39(16-22)32(44)27-31(43)38-29-24(36-27)14-33-18-34-29/h2-6,8-9,11-12,14,18-19,22H,7,10,13,15-17H2,1H3,(H,33,34,38,43). The number of hydrogen-bond donors (Lipinski definition) is 1. The Morgan fingerprint density at radius 2 is 1.87 bits per heavy atom. The van der Waals surface area contributed by atoms with Crippen molar-refractivity contribution in [1.82, 2.24) is 44.3 Å². The van der Waals surface area contributed by atoms with Crippen LogP contribution in [-0.2, 0) is 17.9 Å². The van der Waals surface area contributed by atoms with Crippen LogP contribution in [0.2, 0.25) is 0 Å². The molecule has 6 aromatic rings. The fraction of sp³-hybridized carbons (Fsp3) is 0.250. The summed E-state index contributed by atoms with van der Waals surface area (Å²) >= 11 is 1.50. The number of fused-ring (bicyclic) bond motifs is 2. The predicted molar refractivity (Wildman–Crippen MR) is 169 cm³/mol. The van der Waals surface area contributed by atoms with Crippen molar-refractivity contribution in [1.29, 1.82) is 0 Å². The molecule has 226 valence electrons. The first-order valence-electron chi connectivity index (χ1n) is 14.6. The second-order valence-corrected chi connectivity index (χ2v) is 11.9. The Morgan fingerprint density at radius 3 is 2.69 bits per heavy atom. The van der Waals surface area contributed by atoms with Crippen molar-refractivity contribution in [2.24, 2.45) is 0 Å². The molecule has 13 heteroatoms. The zero-order valence-electron chi connectivity index (χ0n) is 24.5. The number of carbonyl (C=O) groups is 2. The van der Waals surface area contributed by atoms with E-state index in [1.165, 1.54) is 23.9 Å². The lowest BCUT2D eigenvalue weighted by atomic mass is 10.0. The van der Waals surface area contributed by atoms with Gasteiger partial charge in [-0.2, -0.15) is 0 Å². The van der Waals surface area contributed by atoms with Crippen molar-refractivity contribution >= 4 is 45.3 Å². The van der Waals surface area contributed by atoms with Crippen LogP contribution in [0.1, 0.15) is 34.6 Å². The van der Waals surface area contributed by atoms with E-state index in [9.17, 15) is 14.4 Å². The van der Waals surface area contributed by atoms with E-state index in [1.54, 1.807) is 10.4 Å². The van der Waals surface area contributed by atoms with Gasteiger partial charge < -0.3 is 19.4 Å². The van der Waals surface area contributed by atoms with Crippen molar-refractivity contribution in [2.75, 3.05) is 13.1 Å². The highest BCUT2D eigenvalue weighted by Crippen LogP contribution is 2.31. The number of carbonyl (C=O) groups excluding carboxylic acids is 2. The van der Waals surface area contributed by atoms with Gasteiger partial charge in [-0.25, -0.2) is 24.9 Å². The fourth-order valence-corrected chi connectivity index (χ4v) is 6.68. The number of rotatable bonds is 7. The zero-order chi connectivity index (χ0) is 30.9. The molecule has 1 fully saturated rings. The molecule has 45 heavy (non-hydrogen) atoms. The number of para-hydroxylation sites is 2. The van der Waals surface area contributed by atoms with Crippen LogP contribution in [0.15, 0.2) is 77.4 Å². The van der Waals surface area contributed by atoms with Crippen molar-refractivity contribution in [3.8, 4) is 10.7 Å². The monoisotopic (exact) mass is 619 g/mol. The van der Waals surface area contributed by atoms with Gasteiger partial charge in [-0.1, -0.05) is 42.5 Å². The molecule has 1 unspecified atom stereocenters. The number of aromatic amines is 1. The summed E-state index contributed by atoms with van der Waals surface area (Å²) in [6.45, 7) is 3.10. The van der Waals surface area contributed by atoms with Gasteiger partial charge in [-0.15, -0.1) is 11.3 Å². The maximum atomic E-state index is 14.4. The first-order chi connectivity index (χ1) is 22.0. The number of H-pyrrole nitrogens is 1. The molecule has 1 aliphatic rings. The molecule has 0 radical (unpaired) electrons. The third-order valence-corrected chi connectivity index (χ3v) is 9.04. The van der Waals surface area contributed by atoms with Crippen LogP contribution in [0.3, 0.4) is 0 Å². The SMILES string of the molecule is Cc1ncsc1-c1nc2ccccc2n1CC(=O)N(Cc1ccccc1)C1CCCN(C(=O)c2nc3cncnc3[nH]c2=O)C1. The molecule has 0 spiro atoms. The topological polar surface area (TPSA) is 143 Å². The molecule has 2 aromatic carbocycles. The molecule has 2 amide bonds. The van der Waals surface area contributed by atoms with Gasteiger partial charge in [-0.05, 0) is 37.5 Å². The lowest BCUT2D eigenvalue weighted by Gasteiger charge is -2.39. The molecular weight excluding hydrogens is 590 g/mol. The number of nitrogens with zero attached hydrogens (tertiary/aromatic N) is 8. The number of aromatic nitrogens is 7. The van der Waals surface area contributed by atoms with E-state index in [2.05, 4.69) is 24.9 Å². The minimum Gasteiger partial charge on any atom is -0.335 e. The molecule has 0 aliphatic carbocycles. The van der Waals surface area contributed by atoms with Crippen LogP contribution >= 0.6 is 11.3 Å². The van der Waals surface area contributed by atoms with E-state index < -0.39 is 11.5 Å². The van der Waals surface area contributed by atoms with Gasteiger partial charge in [0.1, 0.15) is 18.4 Å². The molecule has 1 N–H and O–H groups in total. The average molecular weight is 620 g/mol. The van der Waals surface area contributed by atoms with Gasteiger partial charge in [0.15, 0.2) is 17.2 Å². The highest BCUT2D eigenvalue weighted by atomic mass is 32.1. The molecular formula is C32H29N9O3S. The number of likely N-dealkylation sites (tertiary alicyclic amines) is 1. The van der Waals surface area contributed by atoms with Crippen LogP contribution in [-0.4, -0.2) is 75.2 Å². The summed E-state index contributed by atoms with van der Waals surface area (Å²) in [6, 6.07) is 17.3. The molecule has 1 aliphatic heterocycles. The summed E-state index contributed by atoms with van der Waals surface area (Å²) < 4.78 is 1.96. The zero-order valence-corrected chi connectivity index (χ0v) is 25.3. The van der Waals surface area contributed by atoms with E-state index in [4.69, 9.17) is 4.98 Å². The normalized spacial score (nSPS) is 15.0. The lowest BCUT2D eigenvalue weighted by molar-refractivity contribution is -0.135. The summed E-state index contributed by atoms with van der Waals surface area (Å²) in [4.78, 5) is 69.4. The highest BCUT2D eigenvalue weighted by Gasteiger charge is 2.33. The molecule has 1 saturated heterocycles. The number of imidazole rings is 1. The number of hydrogen-bond acceptors (Lipinski definition) is 9. The van der Waals surface area contributed by atoms with Crippen molar-refractivity contribution in [3.63, 3.8) is 0 Å². The number of amides is 2. The summed E-state index contributed by atoms with van der Waals surface area (Å²) in [5, 5.41) is 0. The second-order valence-electron chi connectivity index (χ2n) is 11.0. The van der Waals surface area contributed by atoms with E-state index in [-0.39, 0.29) is 36.4 Å². The Hall–Kier alpha value is -5.30. The molecule has 12 nitrogen and oxygen atoms in total. The third kappa shape index (κ3) is 5.57. The summed E-state index contributed by atoms with van der Waals surface area (Å²) in [7, 11) is 0. The Kier molecular flexibility index (Phi) is 7.59. The van der Waals surface area contributed by atoms with Gasteiger partial charge in [0, 0.05) is 25.7 Å². The number of piperidine rings is 1. The summed E-state index contributed by atoms with van der Waals surface area (Å²) in [5.41, 5.74) is 5.06. The van der Waals surface area contributed by atoms with E-state index in [0.29, 0.717) is 37.3 Å². The first kappa shape index (κ1) is 28.5. The van der Waals surface area contributed by atoms with E-state index >= 15 is 0 Å². The molecule has 0 bridgehead atoms. The largest absolute Gasteiger partial charge is 0.335 e. The van der Waals surface area contributed by atoms with Crippen molar-refractivity contribution in [2.45, 2.75) is 38.9 Å². The molecule has 5 heterocycles. The molecule has 4 aromatic heterocycles.